The van der Waals surface area contributed by atoms with Gasteiger partial charge in [0, 0.05) is 17.3 Å². The third kappa shape index (κ3) is 5.16. The molecule has 0 radical (unpaired) electrons. The Kier molecular flexibility index (Phi) is 6.60. The number of fused-ring (bicyclic) bond motifs is 1. The fourth-order valence-corrected chi connectivity index (χ4v) is 5.51. The normalized spacial score (nSPS) is 11.3. The maximum Gasteiger partial charge on any atom is 0.262 e. The van der Waals surface area contributed by atoms with E-state index in [2.05, 4.69) is 20.0 Å². The van der Waals surface area contributed by atoms with Crippen molar-refractivity contribution in [3.63, 3.8) is 0 Å². The number of anilines is 2. The fraction of sp³-hybridized carbons (Fsp3) is 0.0357. The van der Waals surface area contributed by atoms with Crippen LogP contribution >= 0.6 is 11.6 Å². The number of aromatic nitrogens is 2. The van der Waals surface area contributed by atoms with Gasteiger partial charge in [0.15, 0.2) is 0 Å². The highest BCUT2D eigenvalue weighted by atomic mass is 35.5. The van der Waals surface area contributed by atoms with Gasteiger partial charge in [-0.1, -0.05) is 54.1 Å². The predicted molar refractivity (Wildman–Crippen MR) is 146 cm³/mol. The summed E-state index contributed by atoms with van der Waals surface area (Å²) in [6.45, 7) is 1.68. The maximum atomic E-state index is 13.5. The molecule has 0 bridgehead atoms. The molecule has 2 aromatic heterocycles. The Hall–Kier alpha value is -4.27. The minimum atomic E-state index is -3.97. The number of carbonyl (C=O) groups is 1. The molecule has 2 heterocycles. The van der Waals surface area contributed by atoms with E-state index in [0.717, 1.165) is 0 Å². The second-order valence-electron chi connectivity index (χ2n) is 8.31. The lowest BCUT2D eigenvalue weighted by Gasteiger charge is -2.14. The maximum absolute atomic E-state index is 13.5. The van der Waals surface area contributed by atoms with E-state index >= 15 is 0 Å². The lowest BCUT2D eigenvalue weighted by molar-refractivity contribution is 0.102. The van der Waals surface area contributed by atoms with Crippen molar-refractivity contribution in [3.8, 4) is 11.4 Å². The molecule has 0 unspecified atom stereocenters. The Balaban J connectivity index is 1.50. The van der Waals surface area contributed by atoms with Crippen LogP contribution in [0.3, 0.4) is 0 Å². The molecule has 0 aliphatic heterocycles. The number of pyridine rings is 2. The minimum absolute atomic E-state index is 0.0268. The van der Waals surface area contributed by atoms with E-state index in [1.54, 1.807) is 55.6 Å². The highest BCUT2D eigenvalue weighted by Gasteiger charge is 2.20. The van der Waals surface area contributed by atoms with E-state index in [1.165, 1.54) is 6.07 Å². The average molecular weight is 529 g/mol. The van der Waals surface area contributed by atoms with Crippen LogP contribution in [0.25, 0.3) is 22.3 Å². The monoisotopic (exact) mass is 528 g/mol. The number of para-hydroxylation sites is 2. The summed E-state index contributed by atoms with van der Waals surface area (Å²) in [7, 11) is -3.97. The summed E-state index contributed by atoms with van der Waals surface area (Å²) in [6, 6.07) is 25.8. The summed E-state index contributed by atoms with van der Waals surface area (Å²) in [5.74, 6) is -0.401. The van der Waals surface area contributed by atoms with E-state index < -0.39 is 15.9 Å². The number of sulfonamides is 1. The SMILES string of the molecule is Cc1ccc(NC(=O)c2cc(-c3ccccn3)nc3ccccc23)cc1S(=O)(=O)Nc1ccccc1Cl. The van der Waals surface area contributed by atoms with Crippen LogP contribution < -0.4 is 10.0 Å². The van der Waals surface area contributed by atoms with Gasteiger partial charge in [-0.15, -0.1) is 0 Å². The molecule has 0 saturated carbocycles. The average Bonchev–Trinajstić information content (AvgIpc) is 2.90. The summed E-state index contributed by atoms with van der Waals surface area (Å²) in [5, 5.41) is 3.78. The van der Waals surface area contributed by atoms with Crippen LogP contribution in [0, 0.1) is 6.92 Å². The highest BCUT2D eigenvalue weighted by Crippen LogP contribution is 2.28. The van der Waals surface area contributed by atoms with Crippen LogP contribution in [0.5, 0.6) is 0 Å². The molecule has 3 aromatic carbocycles. The van der Waals surface area contributed by atoms with Gasteiger partial charge in [0.05, 0.1) is 38.1 Å². The molecule has 37 heavy (non-hydrogen) atoms. The summed E-state index contributed by atoms with van der Waals surface area (Å²) >= 11 is 6.14. The zero-order valence-corrected chi connectivity index (χ0v) is 21.2. The Morgan fingerprint density at radius 2 is 1.62 bits per heavy atom. The van der Waals surface area contributed by atoms with Gasteiger partial charge < -0.3 is 5.32 Å². The van der Waals surface area contributed by atoms with Gasteiger partial charge in [-0.2, -0.15) is 0 Å². The van der Waals surface area contributed by atoms with E-state index in [9.17, 15) is 13.2 Å². The zero-order chi connectivity index (χ0) is 26.0. The molecule has 0 atom stereocenters. The number of nitrogens with one attached hydrogen (secondary N) is 2. The first-order chi connectivity index (χ1) is 17.8. The summed E-state index contributed by atoms with van der Waals surface area (Å²) in [4.78, 5) is 22.5. The third-order valence-corrected chi connectivity index (χ3v) is 7.58. The molecule has 5 aromatic rings. The third-order valence-electron chi connectivity index (χ3n) is 5.74. The number of benzene rings is 3. The summed E-state index contributed by atoms with van der Waals surface area (Å²) in [6.07, 6.45) is 1.66. The van der Waals surface area contributed by atoms with Crippen molar-refractivity contribution in [3.05, 3.63) is 113 Å². The number of halogens is 1. The number of carbonyl (C=O) groups excluding carboxylic acids is 1. The van der Waals surface area contributed by atoms with Crippen LogP contribution in [0.2, 0.25) is 5.02 Å². The van der Waals surface area contributed by atoms with Crippen LogP contribution in [0.1, 0.15) is 15.9 Å². The molecule has 0 fully saturated rings. The number of nitrogens with zero attached hydrogens (tertiary/aromatic N) is 2. The van der Waals surface area contributed by atoms with Crippen molar-refractivity contribution >= 4 is 49.8 Å². The Bertz CT molecular complexity index is 1740. The van der Waals surface area contributed by atoms with Gasteiger partial charge in [-0.05, 0) is 61.0 Å². The van der Waals surface area contributed by atoms with Crippen molar-refractivity contribution in [2.45, 2.75) is 11.8 Å². The second kappa shape index (κ2) is 10.0. The van der Waals surface area contributed by atoms with E-state index in [-0.39, 0.29) is 15.6 Å². The molecule has 0 aliphatic rings. The van der Waals surface area contributed by atoms with Gasteiger partial charge in [0.2, 0.25) is 0 Å². The first-order valence-corrected chi connectivity index (χ1v) is 13.2. The number of hydrogen-bond acceptors (Lipinski definition) is 5. The topological polar surface area (TPSA) is 101 Å². The van der Waals surface area contributed by atoms with Crippen molar-refractivity contribution < 1.29 is 13.2 Å². The van der Waals surface area contributed by atoms with Crippen LogP contribution in [-0.2, 0) is 10.0 Å². The van der Waals surface area contributed by atoms with Crippen LogP contribution in [0.4, 0.5) is 11.4 Å². The predicted octanol–water partition coefficient (Wildman–Crippen LogP) is 6.31. The molecule has 184 valence electrons. The van der Waals surface area contributed by atoms with Gasteiger partial charge in [0.25, 0.3) is 15.9 Å². The molecule has 0 saturated heterocycles. The van der Waals surface area contributed by atoms with Crippen molar-refractivity contribution in [2.24, 2.45) is 0 Å². The zero-order valence-electron chi connectivity index (χ0n) is 19.6. The first-order valence-electron chi connectivity index (χ1n) is 11.3. The molecule has 1 amide bonds. The Morgan fingerprint density at radius 3 is 2.41 bits per heavy atom. The standard InChI is InChI=1S/C28H21ClN4O3S/c1-18-13-14-19(16-27(18)37(35,36)33-24-11-5-3-9-22(24)29)31-28(34)21-17-26(25-12-6-7-15-30-25)32-23-10-4-2-8-20(21)23/h2-17,33H,1H3,(H,31,34). The minimum Gasteiger partial charge on any atom is -0.322 e. The van der Waals surface area contributed by atoms with Crippen LogP contribution in [0.15, 0.2) is 102 Å². The lowest BCUT2D eigenvalue weighted by Crippen LogP contribution is -2.17. The molecular formula is C28H21ClN4O3S. The first kappa shape index (κ1) is 24.4. The summed E-state index contributed by atoms with van der Waals surface area (Å²) < 4.78 is 28.8. The molecule has 5 rings (SSSR count). The van der Waals surface area contributed by atoms with Gasteiger partial charge in [-0.3, -0.25) is 14.5 Å². The second-order valence-corrected chi connectivity index (χ2v) is 10.4. The van der Waals surface area contributed by atoms with E-state index in [0.29, 0.717) is 39.1 Å². The van der Waals surface area contributed by atoms with E-state index in [4.69, 9.17) is 11.6 Å². The van der Waals surface area contributed by atoms with E-state index in [1.807, 2.05) is 42.5 Å². The molecule has 0 spiro atoms. The molecular weight excluding hydrogens is 508 g/mol. The van der Waals surface area contributed by atoms with Crippen molar-refractivity contribution in [1.29, 1.82) is 0 Å². The lowest BCUT2D eigenvalue weighted by atomic mass is 10.1. The molecule has 0 aliphatic carbocycles. The molecule has 2 N–H and O–H groups in total. The summed E-state index contributed by atoms with van der Waals surface area (Å²) in [5.41, 5.74) is 3.35. The van der Waals surface area contributed by atoms with Gasteiger partial charge in [-0.25, -0.2) is 13.4 Å². The van der Waals surface area contributed by atoms with Gasteiger partial charge in [0.1, 0.15) is 0 Å². The highest BCUT2D eigenvalue weighted by molar-refractivity contribution is 7.92. The van der Waals surface area contributed by atoms with Crippen molar-refractivity contribution in [2.75, 3.05) is 10.0 Å². The quantitative estimate of drug-likeness (QED) is 0.269. The molecule has 9 heteroatoms. The Morgan fingerprint density at radius 1 is 0.865 bits per heavy atom. The smallest absolute Gasteiger partial charge is 0.262 e. The van der Waals surface area contributed by atoms with Gasteiger partial charge >= 0.3 is 0 Å². The largest absolute Gasteiger partial charge is 0.322 e. The van der Waals surface area contributed by atoms with Crippen molar-refractivity contribution in [1.82, 2.24) is 9.97 Å². The number of hydrogen-bond donors (Lipinski definition) is 2. The molecule has 7 nitrogen and oxygen atoms in total. The Labute approximate surface area is 219 Å². The number of aryl methyl sites for hydroxylation is 1. The van der Waals surface area contributed by atoms with Crippen LogP contribution in [-0.4, -0.2) is 24.3 Å². The fourth-order valence-electron chi connectivity index (χ4n) is 3.92. The number of rotatable bonds is 6. The number of amides is 1.